The molecule has 4 atom stereocenters. The molecular weight excluding hydrogens is 244 g/mol. The zero-order valence-corrected chi connectivity index (χ0v) is 12.8. The molecule has 0 spiro atoms. The lowest BCUT2D eigenvalue weighted by Gasteiger charge is -2.49. The molecule has 1 aromatic rings. The Kier molecular flexibility index (Phi) is 2.71. The van der Waals surface area contributed by atoms with E-state index in [1.807, 2.05) is 13.0 Å². The van der Waals surface area contributed by atoms with Crippen LogP contribution in [0.15, 0.2) is 12.1 Å². The van der Waals surface area contributed by atoms with Gasteiger partial charge in [-0.1, -0.05) is 19.4 Å². The first-order valence-corrected chi connectivity index (χ1v) is 8.41. The van der Waals surface area contributed by atoms with E-state index in [0.29, 0.717) is 11.2 Å². The van der Waals surface area contributed by atoms with Crippen LogP contribution in [0.3, 0.4) is 0 Å². The van der Waals surface area contributed by atoms with E-state index in [1.54, 1.807) is 5.56 Å². The van der Waals surface area contributed by atoms with Gasteiger partial charge in [-0.3, -0.25) is 0 Å². The second-order valence-electron chi connectivity index (χ2n) is 7.84. The van der Waals surface area contributed by atoms with Crippen molar-refractivity contribution in [1.82, 2.24) is 0 Å². The molecular formula is C19H26O. The summed E-state index contributed by atoms with van der Waals surface area (Å²) in [6.07, 6.45) is 9.68. The van der Waals surface area contributed by atoms with Crippen LogP contribution in [0, 0.1) is 24.2 Å². The lowest BCUT2D eigenvalue weighted by atomic mass is 9.56. The largest absolute Gasteiger partial charge is 0.508 e. The SMILES string of the molecule is Cc1cc2c(cc1O)CC[C@@H]1[C@@H]2CC[C@]2(C)CCC[C@@H]12. The van der Waals surface area contributed by atoms with Crippen molar-refractivity contribution in [2.75, 3.05) is 0 Å². The second kappa shape index (κ2) is 4.26. The van der Waals surface area contributed by atoms with Crippen LogP contribution >= 0.6 is 0 Å². The molecule has 4 rings (SSSR count). The summed E-state index contributed by atoms with van der Waals surface area (Å²) < 4.78 is 0. The minimum atomic E-state index is 0.490. The van der Waals surface area contributed by atoms with Crippen LogP contribution in [-0.2, 0) is 6.42 Å². The van der Waals surface area contributed by atoms with Crippen LogP contribution in [0.4, 0.5) is 0 Å². The summed E-state index contributed by atoms with van der Waals surface area (Å²) in [7, 11) is 0. The molecule has 0 aromatic heterocycles. The molecule has 1 aromatic carbocycles. The Morgan fingerprint density at radius 3 is 2.85 bits per heavy atom. The Labute approximate surface area is 122 Å². The van der Waals surface area contributed by atoms with Gasteiger partial charge in [0.2, 0.25) is 0 Å². The first-order valence-electron chi connectivity index (χ1n) is 8.41. The van der Waals surface area contributed by atoms with Crippen molar-refractivity contribution in [1.29, 1.82) is 0 Å². The van der Waals surface area contributed by atoms with Gasteiger partial charge in [0.15, 0.2) is 0 Å². The summed E-state index contributed by atoms with van der Waals surface area (Å²) >= 11 is 0. The summed E-state index contributed by atoms with van der Waals surface area (Å²) in [5.74, 6) is 3.13. The summed E-state index contributed by atoms with van der Waals surface area (Å²) in [4.78, 5) is 0. The average molecular weight is 270 g/mol. The fourth-order valence-electron chi connectivity index (χ4n) is 5.72. The first kappa shape index (κ1) is 12.7. The average Bonchev–Trinajstić information content (AvgIpc) is 2.82. The molecule has 0 aliphatic heterocycles. The number of rotatable bonds is 0. The van der Waals surface area contributed by atoms with Gasteiger partial charge in [0.1, 0.15) is 5.75 Å². The summed E-state index contributed by atoms with van der Waals surface area (Å²) in [5, 5.41) is 9.96. The molecule has 1 N–H and O–H groups in total. The van der Waals surface area contributed by atoms with E-state index in [9.17, 15) is 5.11 Å². The Balaban J connectivity index is 1.74. The van der Waals surface area contributed by atoms with Crippen LogP contribution < -0.4 is 0 Å². The number of phenols is 1. The molecule has 3 aliphatic rings. The first-order chi connectivity index (χ1) is 9.58. The number of benzene rings is 1. The van der Waals surface area contributed by atoms with Gasteiger partial charge in [-0.15, -0.1) is 0 Å². The van der Waals surface area contributed by atoms with E-state index in [0.717, 1.165) is 23.3 Å². The molecule has 2 fully saturated rings. The third-order valence-corrected chi connectivity index (χ3v) is 6.82. The molecule has 0 unspecified atom stereocenters. The molecule has 20 heavy (non-hydrogen) atoms. The highest BCUT2D eigenvalue weighted by molar-refractivity contribution is 5.44. The second-order valence-corrected chi connectivity index (χ2v) is 7.84. The molecule has 1 heteroatoms. The molecule has 0 radical (unpaired) electrons. The molecule has 1 nitrogen and oxygen atoms in total. The van der Waals surface area contributed by atoms with E-state index < -0.39 is 0 Å². The van der Waals surface area contributed by atoms with Gasteiger partial charge in [0, 0.05) is 0 Å². The third-order valence-electron chi connectivity index (χ3n) is 6.82. The van der Waals surface area contributed by atoms with Gasteiger partial charge >= 0.3 is 0 Å². The number of hydrogen-bond donors (Lipinski definition) is 1. The Morgan fingerprint density at radius 2 is 2.00 bits per heavy atom. The van der Waals surface area contributed by atoms with Crippen molar-refractivity contribution < 1.29 is 5.11 Å². The van der Waals surface area contributed by atoms with Crippen molar-refractivity contribution in [3.63, 3.8) is 0 Å². The number of aromatic hydroxyl groups is 1. The predicted octanol–water partition coefficient (Wildman–Crippen LogP) is 4.95. The Morgan fingerprint density at radius 1 is 1.15 bits per heavy atom. The lowest BCUT2D eigenvalue weighted by Crippen LogP contribution is -2.39. The van der Waals surface area contributed by atoms with Gasteiger partial charge in [0.25, 0.3) is 0 Å². The minimum Gasteiger partial charge on any atom is -0.508 e. The fraction of sp³-hybridized carbons (Fsp3) is 0.684. The summed E-state index contributed by atoms with van der Waals surface area (Å²) in [5.41, 5.74) is 4.70. The monoisotopic (exact) mass is 270 g/mol. The molecule has 108 valence electrons. The van der Waals surface area contributed by atoms with Gasteiger partial charge in [-0.2, -0.15) is 0 Å². The van der Waals surface area contributed by atoms with Crippen molar-refractivity contribution in [3.8, 4) is 5.75 Å². The van der Waals surface area contributed by atoms with Gasteiger partial charge in [-0.25, -0.2) is 0 Å². The van der Waals surface area contributed by atoms with E-state index in [4.69, 9.17) is 0 Å². The van der Waals surface area contributed by atoms with Crippen LogP contribution in [0.1, 0.15) is 68.1 Å². The van der Waals surface area contributed by atoms with Crippen molar-refractivity contribution >= 4 is 0 Å². The van der Waals surface area contributed by atoms with Crippen LogP contribution in [-0.4, -0.2) is 5.11 Å². The number of fused-ring (bicyclic) bond motifs is 5. The molecule has 3 aliphatic carbocycles. The van der Waals surface area contributed by atoms with Gasteiger partial charge < -0.3 is 5.11 Å². The zero-order chi connectivity index (χ0) is 13.9. The predicted molar refractivity (Wildman–Crippen MR) is 82.1 cm³/mol. The van der Waals surface area contributed by atoms with Crippen molar-refractivity contribution in [2.24, 2.45) is 17.3 Å². The van der Waals surface area contributed by atoms with Crippen LogP contribution in [0.25, 0.3) is 0 Å². The van der Waals surface area contributed by atoms with E-state index in [2.05, 4.69) is 13.0 Å². The Hall–Kier alpha value is -0.980. The summed E-state index contributed by atoms with van der Waals surface area (Å²) in [6, 6.07) is 4.34. The number of hydrogen-bond acceptors (Lipinski definition) is 1. The highest BCUT2D eigenvalue weighted by Gasteiger charge is 2.50. The quantitative estimate of drug-likeness (QED) is 0.707. The maximum Gasteiger partial charge on any atom is 0.118 e. The highest BCUT2D eigenvalue weighted by atomic mass is 16.3. The van der Waals surface area contributed by atoms with E-state index in [-0.39, 0.29) is 0 Å². The Bertz CT molecular complexity index is 547. The molecule has 0 bridgehead atoms. The minimum absolute atomic E-state index is 0.490. The van der Waals surface area contributed by atoms with Crippen molar-refractivity contribution in [3.05, 3.63) is 28.8 Å². The standard InChI is InChI=1S/C19H26O/c1-12-10-16-13(11-18(12)20)5-6-15-14(16)7-9-19(2)8-3-4-17(15)19/h10-11,14-15,17,20H,3-9H2,1-2H3/t14-,15+,17-,19-/m0/s1. The molecule has 0 amide bonds. The molecule has 2 saturated carbocycles. The number of aryl methyl sites for hydroxylation is 2. The highest BCUT2D eigenvalue weighted by Crippen LogP contribution is 2.60. The van der Waals surface area contributed by atoms with Crippen LogP contribution in [0.2, 0.25) is 0 Å². The number of phenolic OH excluding ortho intramolecular Hbond substituents is 1. The lowest BCUT2D eigenvalue weighted by molar-refractivity contribution is 0.0598. The van der Waals surface area contributed by atoms with Gasteiger partial charge in [0.05, 0.1) is 0 Å². The third kappa shape index (κ3) is 1.68. The normalized spacial score (nSPS) is 39.0. The van der Waals surface area contributed by atoms with Crippen LogP contribution in [0.5, 0.6) is 5.75 Å². The van der Waals surface area contributed by atoms with E-state index >= 15 is 0 Å². The molecule has 0 heterocycles. The van der Waals surface area contributed by atoms with Gasteiger partial charge in [-0.05, 0) is 91.4 Å². The topological polar surface area (TPSA) is 20.2 Å². The maximum absolute atomic E-state index is 9.96. The summed E-state index contributed by atoms with van der Waals surface area (Å²) in [6.45, 7) is 4.60. The van der Waals surface area contributed by atoms with E-state index in [1.165, 1.54) is 50.5 Å². The zero-order valence-electron chi connectivity index (χ0n) is 12.8. The van der Waals surface area contributed by atoms with Crippen molar-refractivity contribution in [2.45, 2.75) is 64.7 Å². The smallest absolute Gasteiger partial charge is 0.118 e. The fourth-order valence-corrected chi connectivity index (χ4v) is 5.72. The molecule has 0 saturated heterocycles. The maximum atomic E-state index is 9.96.